The van der Waals surface area contributed by atoms with Crippen LogP contribution in [0.25, 0.3) is 0 Å². The number of carbonyl (C=O) groups excluding carboxylic acids is 1. The average molecular weight is 328 g/mol. The monoisotopic (exact) mass is 327 g/mol. The third-order valence-corrected chi connectivity index (χ3v) is 3.25. The molecule has 1 aliphatic heterocycles. The van der Waals surface area contributed by atoms with Crippen molar-refractivity contribution in [1.82, 2.24) is 5.32 Å². The van der Waals surface area contributed by atoms with E-state index in [9.17, 15) is 22.4 Å². The van der Waals surface area contributed by atoms with Crippen molar-refractivity contribution < 1.29 is 27.1 Å². The van der Waals surface area contributed by atoms with Gasteiger partial charge in [-0.3, -0.25) is 0 Å². The van der Waals surface area contributed by atoms with E-state index >= 15 is 0 Å². The lowest BCUT2D eigenvalue weighted by molar-refractivity contribution is -0.140. The van der Waals surface area contributed by atoms with Gasteiger partial charge in [0.05, 0.1) is 11.6 Å². The molecule has 1 aromatic carbocycles. The Labute approximate surface area is 125 Å². The van der Waals surface area contributed by atoms with E-state index in [1.165, 1.54) is 6.07 Å². The lowest BCUT2D eigenvalue weighted by Crippen LogP contribution is -2.47. The van der Waals surface area contributed by atoms with Gasteiger partial charge in [0, 0.05) is 5.41 Å². The van der Waals surface area contributed by atoms with Crippen molar-refractivity contribution in [3.63, 3.8) is 0 Å². The second kappa shape index (κ2) is 5.71. The molecule has 0 unspecified atom stereocenters. The quantitative estimate of drug-likeness (QED) is 0.789. The summed E-state index contributed by atoms with van der Waals surface area (Å²) in [5.41, 5.74) is -1.60. The fourth-order valence-electron chi connectivity index (χ4n) is 2.17. The van der Waals surface area contributed by atoms with Gasteiger partial charge in [-0.15, -0.1) is 12.4 Å². The maximum Gasteiger partial charge on any atom is 0.419 e. The number of hydrogen-bond donors (Lipinski definition) is 1. The third kappa shape index (κ3) is 3.58. The smallest absolute Gasteiger partial charge is 0.419 e. The molecule has 1 amide bonds. The third-order valence-electron chi connectivity index (χ3n) is 3.25. The fraction of sp³-hybridized carbons (Fsp3) is 0.462. The molecule has 8 heteroatoms. The van der Waals surface area contributed by atoms with E-state index in [1.807, 2.05) is 0 Å². The molecule has 1 aliphatic rings. The van der Waals surface area contributed by atoms with Crippen LogP contribution in [0.1, 0.15) is 31.0 Å². The summed E-state index contributed by atoms with van der Waals surface area (Å²) in [4.78, 5) is 11.2. The van der Waals surface area contributed by atoms with Crippen LogP contribution in [0.4, 0.5) is 22.4 Å². The number of nitrogens with one attached hydrogen (secondary N) is 1. The lowest BCUT2D eigenvalue weighted by Gasteiger charge is -2.38. The molecule has 1 saturated heterocycles. The van der Waals surface area contributed by atoms with Gasteiger partial charge in [-0.25, -0.2) is 9.18 Å². The normalized spacial score (nSPS) is 21.0. The summed E-state index contributed by atoms with van der Waals surface area (Å²) in [5.74, 6) is -1.36. The van der Waals surface area contributed by atoms with Gasteiger partial charge in [0.25, 0.3) is 0 Å². The predicted molar refractivity (Wildman–Crippen MR) is 69.7 cm³/mol. The molecule has 3 nitrogen and oxygen atoms in total. The van der Waals surface area contributed by atoms with E-state index in [2.05, 4.69) is 5.32 Å². The molecule has 1 atom stereocenters. The Morgan fingerprint density at radius 2 is 1.95 bits per heavy atom. The number of alkyl carbamates (subject to hydrolysis) is 1. The topological polar surface area (TPSA) is 38.3 Å². The number of rotatable bonds is 1. The van der Waals surface area contributed by atoms with Gasteiger partial charge in [-0.05, 0) is 17.7 Å². The zero-order valence-electron chi connectivity index (χ0n) is 11.3. The molecule has 0 radical (unpaired) electrons. The Balaban J connectivity index is 0.00000220. The van der Waals surface area contributed by atoms with Crippen LogP contribution in [0.5, 0.6) is 0 Å². The lowest BCUT2D eigenvalue weighted by atomic mass is 9.80. The van der Waals surface area contributed by atoms with E-state index in [0.717, 1.165) is 6.07 Å². The number of hydrogen-bond acceptors (Lipinski definition) is 2. The van der Waals surface area contributed by atoms with Crippen molar-refractivity contribution >= 4 is 18.5 Å². The molecule has 2 rings (SSSR count). The van der Waals surface area contributed by atoms with Crippen LogP contribution < -0.4 is 5.32 Å². The number of alkyl halides is 3. The Kier molecular flexibility index (Phi) is 4.77. The number of amides is 1. The van der Waals surface area contributed by atoms with Crippen molar-refractivity contribution in [2.45, 2.75) is 26.1 Å². The number of ether oxygens (including phenoxy) is 1. The second-order valence-electron chi connectivity index (χ2n) is 5.38. The Bertz CT molecular complexity index is 545. The number of benzene rings is 1. The van der Waals surface area contributed by atoms with Gasteiger partial charge >= 0.3 is 12.3 Å². The summed E-state index contributed by atoms with van der Waals surface area (Å²) in [6.07, 6.45) is -5.41. The summed E-state index contributed by atoms with van der Waals surface area (Å²) in [6, 6.07) is 2.05. The summed E-state index contributed by atoms with van der Waals surface area (Å²) in [5, 5.41) is 2.50. The van der Waals surface area contributed by atoms with Gasteiger partial charge in [-0.2, -0.15) is 13.2 Å². The first-order valence-electron chi connectivity index (χ1n) is 5.91. The van der Waals surface area contributed by atoms with E-state index < -0.39 is 35.1 Å². The maximum absolute atomic E-state index is 13.6. The van der Waals surface area contributed by atoms with Gasteiger partial charge in [0.15, 0.2) is 0 Å². The highest BCUT2D eigenvalue weighted by molar-refractivity contribution is 5.85. The van der Waals surface area contributed by atoms with Gasteiger partial charge < -0.3 is 10.1 Å². The molecular weight excluding hydrogens is 314 g/mol. The van der Waals surface area contributed by atoms with E-state index in [0.29, 0.717) is 6.07 Å². The SMILES string of the molecule is CC1(C)COC(=O)N[C@H]1c1ccc(C(F)(F)F)c(F)c1.Cl. The minimum Gasteiger partial charge on any atom is -0.449 e. The van der Waals surface area contributed by atoms with Crippen molar-refractivity contribution in [2.75, 3.05) is 6.61 Å². The minimum atomic E-state index is -4.74. The van der Waals surface area contributed by atoms with Crippen LogP contribution in [0.3, 0.4) is 0 Å². The summed E-state index contributed by atoms with van der Waals surface area (Å²) >= 11 is 0. The minimum absolute atomic E-state index is 0. The van der Waals surface area contributed by atoms with E-state index in [1.54, 1.807) is 13.8 Å². The second-order valence-corrected chi connectivity index (χ2v) is 5.38. The maximum atomic E-state index is 13.6. The molecule has 1 aromatic rings. The van der Waals surface area contributed by atoms with Crippen molar-refractivity contribution in [2.24, 2.45) is 5.41 Å². The van der Waals surface area contributed by atoms with Crippen LogP contribution in [0, 0.1) is 11.2 Å². The van der Waals surface area contributed by atoms with Crippen molar-refractivity contribution in [1.29, 1.82) is 0 Å². The average Bonchev–Trinajstić information content (AvgIpc) is 2.30. The van der Waals surface area contributed by atoms with Crippen LogP contribution in [-0.4, -0.2) is 12.7 Å². The predicted octanol–water partition coefficient (Wildman–Crippen LogP) is 4.07. The van der Waals surface area contributed by atoms with Crippen LogP contribution >= 0.6 is 12.4 Å². The number of cyclic esters (lactones) is 1. The molecule has 0 aromatic heterocycles. The molecule has 21 heavy (non-hydrogen) atoms. The van der Waals surface area contributed by atoms with Crippen LogP contribution in [0.2, 0.25) is 0 Å². The molecule has 1 heterocycles. The molecule has 0 saturated carbocycles. The first-order chi connectivity index (χ1) is 9.11. The highest BCUT2D eigenvalue weighted by Gasteiger charge is 2.39. The van der Waals surface area contributed by atoms with Crippen LogP contribution in [0.15, 0.2) is 18.2 Å². The summed E-state index contributed by atoms with van der Waals surface area (Å²) in [6.45, 7) is 3.64. The van der Waals surface area contributed by atoms with Crippen molar-refractivity contribution in [3.8, 4) is 0 Å². The molecule has 118 valence electrons. The molecule has 0 spiro atoms. The van der Waals surface area contributed by atoms with Crippen molar-refractivity contribution in [3.05, 3.63) is 35.1 Å². The first-order valence-corrected chi connectivity index (χ1v) is 5.91. The fourth-order valence-corrected chi connectivity index (χ4v) is 2.17. The molecule has 1 fully saturated rings. The zero-order valence-corrected chi connectivity index (χ0v) is 12.1. The number of carbonyl (C=O) groups is 1. The molecular formula is C13H14ClF4NO2. The number of halogens is 5. The zero-order chi connectivity index (χ0) is 15.1. The van der Waals surface area contributed by atoms with Crippen LogP contribution in [-0.2, 0) is 10.9 Å². The summed E-state index contributed by atoms with van der Waals surface area (Å²) in [7, 11) is 0. The first kappa shape index (κ1) is 17.6. The summed E-state index contributed by atoms with van der Waals surface area (Å²) < 4.78 is 55.9. The largest absolute Gasteiger partial charge is 0.449 e. The highest BCUT2D eigenvalue weighted by atomic mass is 35.5. The van der Waals surface area contributed by atoms with E-state index in [-0.39, 0.29) is 24.6 Å². The van der Waals surface area contributed by atoms with Gasteiger partial charge in [-0.1, -0.05) is 19.9 Å². The standard InChI is InChI=1S/C13H13F4NO2.ClH/c1-12(2)6-20-11(19)18-10(12)7-3-4-8(9(14)5-7)13(15,16)17;/h3-5,10H,6H2,1-2H3,(H,18,19);1H/t10-;/m0./s1. The molecule has 0 bridgehead atoms. The Morgan fingerprint density at radius 3 is 2.48 bits per heavy atom. The molecule has 1 N–H and O–H groups in total. The van der Waals surface area contributed by atoms with Gasteiger partial charge in [0.2, 0.25) is 0 Å². The Hall–Kier alpha value is -1.50. The van der Waals surface area contributed by atoms with Gasteiger partial charge in [0.1, 0.15) is 12.4 Å². The van der Waals surface area contributed by atoms with E-state index in [4.69, 9.17) is 4.74 Å². The Morgan fingerprint density at radius 1 is 1.33 bits per heavy atom. The molecule has 0 aliphatic carbocycles. The highest BCUT2D eigenvalue weighted by Crippen LogP contribution is 2.38.